The normalized spacial score (nSPS) is 20.4. The molecule has 3 rings (SSSR count). The molecule has 2 saturated heterocycles. The fraction of sp³-hybridized carbons (Fsp3) is 0.588. The highest BCUT2D eigenvalue weighted by Crippen LogP contribution is 2.31. The Morgan fingerprint density at radius 1 is 1.14 bits per heavy atom. The first-order valence-electron chi connectivity index (χ1n) is 7.83. The van der Waals surface area contributed by atoms with Crippen LogP contribution in [0.5, 0.6) is 5.75 Å². The lowest BCUT2D eigenvalue weighted by Crippen LogP contribution is -2.48. The molecule has 1 aromatic rings. The number of nitrogens with zero attached hydrogens (tertiary/aromatic N) is 1. The molecule has 0 aromatic heterocycles. The predicted octanol–water partition coefficient (Wildman–Crippen LogP) is 2.05. The molecule has 2 heterocycles. The van der Waals surface area contributed by atoms with Crippen LogP contribution in [-0.2, 0) is 14.3 Å². The molecule has 2 aliphatic heterocycles. The quantitative estimate of drug-likeness (QED) is 0.857. The molecule has 0 bridgehead atoms. The number of hydrogen-bond donors (Lipinski definition) is 0. The van der Waals surface area contributed by atoms with Gasteiger partial charge in [-0.1, -0.05) is 6.07 Å². The summed E-state index contributed by atoms with van der Waals surface area (Å²) in [6.45, 7) is 6.76. The summed E-state index contributed by atoms with van der Waals surface area (Å²) >= 11 is 0. The van der Waals surface area contributed by atoms with Crippen LogP contribution in [0.4, 0.5) is 0 Å². The fourth-order valence-electron chi connectivity index (χ4n) is 3.14. The SMILES string of the molecule is Cc1cc(C)cc(OCC(=O)N2CCC3(CC2)OCCO3)c1. The van der Waals surface area contributed by atoms with E-state index >= 15 is 0 Å². The first-order valence-corrected chi connectivity index (χ1v) is 7.83. The molecule has 5 nitrogen and oxygen atoms in total. The van der Waals surface area contributed by atoms with Crippen molar-refractivity contribution in [1.29, 1.82) is 0 Å². The molecule has 120 valence electrons. The number of likely N-dealkylation sites (tertiary alicyclic amines) is 1. The van der Waals surface area contributed by atoms with E-state index in [1.807, 2.05) is 30.9 Å². The Balaban J connectivity index is 1.50. The smallest absolute Gasteiger partial charge is 0.260 e. The first kappa shape index (κ1) is 15.3. The zero-order chi connectivity index (χ0) is 15.6. The maximum atomic E-state index is 12.3. The van der Waals surface area contributed by atoms with E-state index in [-0.39, 0.29) is 12.5 Å². The number of amides is 1. The highest BCUT2D eigenvalue weighted by atomic mass is 16.7. The minimum Gasteiger partial charge on any atom is -0.484 e. The Bertz CT molecular complexity index is 521. The Morgan fingerprint density at radius 2 is 1.73 bits per heavy atom. The fourth-order valence-corrected chi connectivity index (χ4v) is 3.14. The third-order valence-electron chi connectivity index (χ3n) is 4.25. The van der Waals surface area contributed by atoms with Crippen molar-refractivity contribution in [3.63, 3.8) is 0 Å². The molecule has 22 heavy (non-hydrogen) atoms. The lowest BCUT2D eigenvalue weighted by atomic mass is 10.0. The molecule has 0 aliphatic carbocycles. The summed E-state index contributed by atoms with van der Waals surface area (Å²) in [5, 5.41) is 0. The van der Waals surface area contributed by atoms with Gasteiger partial charge < -0.3 is 19.1 Å². The van der Waals surface area contributed by atoms with Crippen molar-refractivity contribution < 1.29 is 19.0 Å². The van der Waals surface area contributed by atoms with E-state index < -0.39 is 5.79 Å². The number of ether oxygens (including phenoxy) is 3. The summed E-state index contributed by atoms with van der Waals surface area (Å²) in [5.74, 6) is 0.333. The Hall–Kier alpha value is -1.59. The van der Waals surface area contributed by atoms with Crippen molar-refractivity contribution in [2.45, 2.75) is 32.5 Å². The standard InChI is InChI=1S/C17H23NO4/c1-13-9-14(2)11-15(10-13)20-12-16(19)18-5-3-17(4-6-18)21-7-8-22-17/h9-11H,3-8,12H2,1-2H3. The number of hydrogen-bond acceptors (Lipinski definition) is 4. The van der Waals surface area contributed by atoms with Crippen LogP contribution in [0.3, 0.4) is 0 Å². The summed E-state index contributed by atoms with van der Waals surface area (Å²) in [6, 6.07) is 5.98. The number of carbonyl (C=O) groups is 1. The third kappa shape index (κ3) is 3.42. The van der Waals surface area contributed by atoms with E-state index in [0.29, 0.717) is 26.3 Å². The molecule has 0 N–H and O–H groups in total. The van der Waals surface area contributed by atoms with Gasteiger partial charge in [-0.2, -0.15) is 0 Å². The number of rotatable bonds is 3. The van der Waals surface area contributed by atoms with Crippen LogP contribution in [-0.4, -0.2) is 49.5 Å². The van der Waals surface area contributed by atoms with Gasteiger partial charge in [-0.3, -0.25) is 4.79 Å². The Labute approximate surface area is 131 Å². The van der Waals surface area contributed by atoms with Crippen molar-refractivity contribution in [2.24, 2.45) is 0 Å². The molecule has 1 amide bonds. The molecule has 0 radical (unpaired) electrons. The molecule has 5 heteroatoms. The monoisotopic (exact) mass is 305 g/mol. The van der Waals surface area contributed by atoms with Crippen LogP contribution >= 0.6 is 0 Å². The molecule has 0 unspecified atom stereocenters. The number of carbonyl (C=O) groups excluding carboxylic acids is 1. The molecule has 0 saturated carbocycles. The van der Waals surface area contributed by atoms with Crippen LogP contribution in [0.15, 0.2) is 18.2 Å². The van der Waals surface area contributed by atoms with Crippen LogP contribution in [0.25, 0.3) is 0 Å². The van der Waals surface area contributed by atoms with E-state index in [4.69, 9.17) is 14.2 Å². The summed E-state index contributed by atoms with van der Waals surface area (Å²) in [4.78, 5) is 14.1. The van der Waals surface area contributed by atoms with E-state index in [0.717, 1.165) is 29.7 Å². The van der Waals surface area contributed by atoms with Gasteiger partial charge in [0.1, 0.15) is 5.75 Å². The zero-order valence-corrected chi connectivity index (χ0v) is 13.3. The van der Waals surface area contributed by atoms with Gasteiger partial charge in [0.15, 0.2) is 12.4 Å². The van der Waals surface area contributed by atoms with E-state index in [1.54, 1.807) is 0 Å². The lowest BCUT2D eigenvalue weighted by Gasteiger charge is -2.37. The van der Waals surface area contributed by atoms with Crippen molar-refractivity contribution in [1.82, 2.24) is 4.90 Å². The largest absolute Gasteiger partial charge is 0.484 e. The van der Waals surface area contributed by atoms with Gasteiger partial charge >= 0.3 is 0 Å². The van der Waals surface area contributed by atoms with Gasteiger partial charge in [0.2, 0.25) is 0 Å². The summed E-state index contributed by atoms with van der Waals surface area (Å²) in [5.41, 5.74) is 2.27. The Morgan fingerprint density at radius 3 is 2.32 bits per heavy atom. The molecular weight excluding hydrogens is 282 g/mol. The van der Waals surface area contributed by atoms with E-state index in [1.165, 1.54) is 0 Å². The van der Waals surface area contributed by atoms with Crippen LogP contribution in [0.1, 0.15) is 24.0 Å². The predicted molar refractivity (Wildman–Crippen MR) is 81.9 cm³/mol. The third-order valence-corrected chi connectivity index (χ3v) is 4.25. The number of benzene rings is 1. The molecule has 1 aromatic carbocycles. The minimum absolute atomic E-state index is 0.0204. The van der Waals surface area contributed by atoms with Gasteiger partial charge in [-0.05, 0) is 37.1 Å². The minimum atomic E-state index is -0.439. The second-order valence-corrected chi connectivity index (χ2v) is 6.10. The van der Waals surface area contributed by atoms with Gasteiger partial charge in [-0.15, -0.1) is 0 Å². The second-order valence-electron chi connectivity index (χ2n) is 6.10. The van der Waals surface area contributed by atoms with Crippen molar-refractivity contribution in [3.8, 4) is 5.75 Å². The number of aryl methyl sites for hydroxylation is 2. The molecule has 2 aliphatic rings. The average molecular weight is 305 g/mol. The van der Waals surface area contributed by atoms with Crippen LogP contribution in [0.2, 0.25) is 0 Å². The lowest BCUT2D eigenvalue weighted by molar-refractivity contribution is -0.187. The van der Waals surface area contributed by atoms with Crippen molar-refractivity contribution in [2.75, 3.05) is 32.9 Å². The molecule has 2 fully saturated rings. The van der Waals surface area contributed by atoms with Crippen LogP contribution in [0, 0.1) is 13.8 Å². The van der Waals surface area contributed by atoms with E-state index in [9.17, 15) is 4.79 Å². The summed E-state index contributed by atoms with van der Waals surface area (Å²) in [7, 11) is 0. The Kier molecular flexibility index (Phi) is 4.36. The first-order chi connectivity index (χ1) is 10.6. The van der Waals surface area contributed by atoms with Crippen molar-refractivity contribution in [3.05, 3.63) is 29.3 Å². The summed E-state index contributed by atoms with van der Waals surface area (Å²) < 4.78 is 17.0. The van der Waals surface area contributed by atoms with Gasteiger partial charge in [-0.25, -0.2) is 0 Å². The van der Waals surface area contributed by atoms with E-state index in [2.05, 4.69) is 6.07 Å². The summed E-state index contributed by atoms with van der Waals surface area (Å²) in [6.07, 6.45) is 1.48. The second kappa shape index (κ2) is 6.26. The molecule has 1 spiro atoms. The van der Waals surface area contributed by atoms with Gasteiger partial charge in [0, 0.05) is 25.9 Å². The highest BCUT2D eigenvalue weighted by Gasteiger charge is 2.40. The topological polar surface area (TPSA) is 48.0 Å². The molecule has 0 atom stereocenters. The average Bonchev–Trinajstić information content (AvgIpc) is 2.93. The maximum Gasteiger partial charge on any atom is 0.260 e. The van der Waals surface area contributed by atoms with Gasteiger partial charge in [0.25, 0.3) is 5.91 Å². The number of piperidine rings is 1. The maximum absolute atomic E-state index is 12.3. The molecular formula is C17H23NO4. The zero-order valence-electron chi connectivity index (χ0n) is 13.3. The van der Waals surface area contributed by atoms with Crippen LogP contribution < -0.4 is 4.74 Å². The van der Waals surface area contributed by atoms with Gasteiger partial charge in [0.05, 0.1) is 13.2 Å². The highest BCUT2D eigenvalue weighted by molar-refractivity contribution is 5.77. The van der Waals surface area contributed by atoms with Crippen molar-refractivity contribution >= 4 is 5.91 Å².